The van der Waals surface area contributed by atoms with Gasteiger partial charge in [0.05, 0.1) is 12.3 Å². The van der Waals surface area contributed by atoms with Crippen molar-refractivity contribution in [3.63, 3.8) is 0 Å². The van der Waals surface area contributed by atoms with Crippen LogP contribution in [0.1, 0.15) is 43.0 Å². The van der Waals surface area contributed by atoms with Gasteiger partial charge in [-0.25, -0.2) is 0 Å². The van der Waals surface area contributed by atoms with Crippen molar-refractivity contribution in [3.05, 3.63) is 60.2 Å². The van der Waals surface area contributed by atoms with Crippen LogP contribution < -0.4 is 0 Å². The lowest BCUT2D eigenvalue weighted by atomic mass is 9.99. The maximum atomic E-state index is 12.8. The molecule has 4 nitrogen and oxygen atoms in total. The fourth-order valence-corrected chi connectivity index (χ4v) is 3.73. The lowest BCUT2D eigenvalue weighted by Crippen LogP contribution is -2.38. The summed E-state index contributed by atoms with van der Waals surface area (Å²) in [5.41, 5.74) is 2.34. The van der Waals surface area contributed by atoms with E-state index in [4.69, 9.17) is 4.42 Å². The lowest BCUT2D eigenvalue weighted by Gasteiger charge is -2.34. The molecule has 0 spiro atoms. The maximum absolute atomic E-state index is 12.8. The minimum atomic E-state index is 0.101. The third-order valence-corrected chi connectivity index (χ3v) is 4.98. The molecule has 124 valence electrons. The number of rotatable bonds is 4. The molecule has 1 aromatic carbocycles. The summed E-state index contributed by atoms with van der Waals surface area (Å²) in [6.07, 6.45) is 8.25. The Morgan fingerprint density at radius 2 is 2.12 bits per heavy atom. The number of benzene rings is 1. The number of furan rings is 1. The van der Waals surface area contributed by atoms with Gasteiger partial charge in [-0.05, 0) is 49.4 Å². The van der Waals surface area contributed by atoms with Gasteiger partial charge in [-0.15, -0.1) is 0 Å². The van der Waals surface area contributed by atoms with Gasteiger partial charge in [-0.2, -0.15) is 0 Å². The van der Waals surface area contributed by atoms with Crippen LogP contribution in [0, 0.1) is 0 Å². The average Bonchev–Trinajstić information content (AvgIpc) is 3.30. The zero-order chi connectivity index (χ0) is 16.4. The maximum Gasteiger partial charge on any atom is 0.223 e. The highest BCUT2D eigenvalue weighted by molar-refractivity contribution is 5.84. The van der Waals surface area contributed by atoms with Crippen LogP contribution in [0.2, 0.25) is 0 Å². The topological polar surface area (TPSA) is 49.2 Å². The summed E-state index contributed by atoms with van der Waals surface area (Å²) in [4.78, 5) is 18.1. The lowest BCUT2D eigenvalue weighted by molar-refractivity contribution is -0.135. The van der Waals surface area contributed by atoms with E-state index in [1.165, 1.54) is 10.9 Å². The van der Waals surface area contributed by atoms with Crippen LogP contribution in [0.25, 0.3) is 10.9 Å². The van der Waals surface area contributed by atoms with Crippen LogP contribution in [0.15, 0.2) is 53.3 Å². The molecule has 1 fully saturated rings. The number of likely N-dealkylation sites (tertiary alicyclic amines) is 1. The third kappa shape index (κ3) is 2.84. The van der Waals surface area contributed by atoms with Gasteiger partial charge in [-0.1, -0.05) is 18.2 Å². The second-order valence-electron chi connectivity index (χ2n) is 6.47. The van der Waals surface area contributed by atoms with Gasteiger partial charge in [0.2, 0.25) is 5.91 Å². The average molecular weight is 322 g/mol. The summed E-state index contributed by atoms with van der Waals surface area (Å²) < 4.78 is 5.56. The molecule has 1 aliphatic rings. The predicted octanol–water partition coefficient (Wildman–Crippen LogP) is 4.45. The van der Waals surface area contributed by atoms with E-state index < -0.39 is 0 Å². The zero-order valence-corrected chi connectivity index (χ0v) is 13.7. The van der Waals surface area contributed by atoms with E-state index in [9.17, 15) is 4.79 Å². The van der Waals surface area contributed by atoms with Gasteiger partial charge < -0.3 is 14.3 Å². The Hall–Kier alpha value is -2.49. The van der Waals surface area contributed by atoms with Crippen molar-refractivity contribution in [3.8, 4) is 0 Å². The highest BCUT2D eigenvalue weighted by atomic mass is 16.3. The largest absolute Gasteiger partial charge is 0.467 e. The fraction of sp³-hybridized carbons (Fsp3) is 0.350. The normalized spacial score (nSPS) is 18.2. The molecule has 0 aliphatic carbocycles. The van der Waals surface area contributed by atoms with Crippen LogP contribution in [-0.2, 0) is 11.2 Å². The summed E-state index contributed by atoms with van der Waals surface area (Å²) >= 11 is 0. The number of aromatic amines is 1. The van der Waals surface area contributed by atoms with Crippen molar-refractivity contribution in [2.24, 2.45) is 0 Å². The number of piperidine rings is 1. The van der Waals surface area contributed by atoms with Crippen LogP contribution in [-0.4, -0.2) is 22.3 Å². The first-order valence-corrected chi connectivity index (χ1v) is 8.71. The number of aryl methyl sites for hydroxylation is 1. The molecule has 3 heterocycles. The second-order valence-corrected chi connectivity index (χ2v) is 6.47. The molecule has 0 radical (unpaired) electrons. The number of amides is 1. The number of fused-ring (bicyclic) bond motifs is 1. The molecule has 1 saturated heterocycles. The molecule has 1 atom stereocenters. The van der Waals surface area contributed by atoms with E-state index in [2.05, 4.69) is 17.1 Å². The molecule has 0 bridgehead atoms. The minimum Gasteiger partial charge on any atom is -0.467 e. The quantitative estimate of drug-likeness (QED) is 0.771. The van der Waals surface area contributed by atoms with E-state index in [0.29, 0.717) is 6.42 Å². The first-order chi connectivity index (χ1) is 11.8. The summed E-state index contributed by atoms with van der Waals surface area (Å²) in [5, 5.41) is 1.21. The molecule has 0 unspecified atom stereocenters. The van der Waals surface area contributed by atoms with Crippen LogP contribution in [0.5, 0.6) is 0 Å². The number of para-hydroxylation sites is 1. The number of aromatic nitrogens is 1. The van der Waals surface area contributed by atoms with Gasteiger partial charge in [0.1, 0.15) is 5.76 Å². The Labute approximate surface area is 141 Å². The van der Waals surface area contributed by atoms with E-state index in [1.807, 2.05) is 35.4 Å². The Kier molecular flexibility index (Phi) is 4.11. The summed E-state index contributed by atoms with van der Waals surface area (Å²) in [6, 6.07) is 12.2. The third-order valence-electron chi connectivity index (χ3n) is 4.98. The zero-order valence-electron chi connectivity index (χ0n) is 13.7. The van der Waals surface area contributed by atoms with E-state index in [-0.39, 0.29) is 11.9 Å². The van der Waals surface area contributed by atoms with E-state index in [0.717, 1.165) is 43.5 Å². The molecule has 2 aromatic heterocycles. The Bertz CT molecular complexity index is 819. The first kappa shape index (κ1) is 15.1. The summed E-state index contributed by atoms with van der Waals surface area (Å²) in [7, 11) is 0. The van der Waals surface area contributed by atoms with E-state index in [1.54, 1.807) is 6.26 Å². The number of carbonyl (C=O) groups excluding carboxylic acids is 1. The predicted molar refractivity (Wildman–Crippen MR) is 93.6 cm³/mol. The molecule has 1 amide bonds. The monoisotopic (exact) mass is 322 g/mol. The van der Waals surface area contributed by atoms with Gasteiger partial charge in [0.15, 0.2) is 0 Å². The SMILES string of the molecule is O=C(CCc1c[nH]c2ccccc12)N1CCCC[C@@H]1c1ccco1. The summed E-state index contributed by atoms with van der Waals surface area (Å²) in [5.74, 6) is 1.14. The molecule has 24 heavy (non-hydrogen) atoms. The van der Waals surface area contributed by atoms with Crippen molar-refractivity contribution in [1.82, 2.24) is 9.88 Å². The standard InChI is InChI=1S/C20H22N2O2/c23-20(11-10-15-14-21-17-7-2-1-6-16(15)17)22-12-4-3-8-18(22)19-9-5-13-24-19/h1-2,5-7,9,13-14,18,21H,3-4,8,10-12H2/t18-/m1/s1. The van der Waals surface area contributed by atoms with Crippen LogP contribution in [0.4, 0.5) is 0 Å². The van der Waals surface area contributed by atoms with Crippen molar-refractivity contribution >= 4 is 16.8 Å². The first-order valence-electron chi connectivity index (χ1n) is 8.71. The molecule has 4 heteroatoms. The molecule has 3 aromatic rings. The Morgan fingerprint density at radius 1 is 1.21 bits per heavy atom. The van der Waals surface area contributed by atoms with Crippen molar-refractivity contribution in [1.29, 1.82) is 0 Å². The number of hydrogen-bond acceptors (Lipinski definition) is 2. The van der Waals surface area contributed by atoms with Crippen molar-refractivity contribution in [2.45, 2.75) is 38.1 Å². The number of H-pyrrole nitrogens is 1. The number of nitrogens with zero attached hydrogens (tertiary/aromatic N) is 1. The van der Waals surface area contributed by atoms with Gasteiger partial charge in [0.25, 0.3) is 0 Å². The van der Waals surface area contributed by atoms with Gasteiger partial charge in [0, 0.05) is 30.1 Å². The second kappa shape index (κ2) is 6.56. The fourth-order valence-electron chi connectivity index (χ4n) is 3.73. The number of carbonyl (C=O) groups is 1. The van der Waals surface area contributed by atoms with Gasteiger partial charge in [-0.3, -0.25) is 4.79 Å². The molecule has 0 saturated carbocycles. The Morgan fingerprint density at radius 3 is 3.00 bits per heavy atom. The van der Waals surface area contributed by atoms with Crippen molar-refractivity contribution in [2.75, 3.05) is 6.54 Å². The molecular formula is C20H22N2O2. The molecular weight excluding hydrogens is 300 g/mol. The summed E-state index contributed by atoms with van der Waals surface area (Å²) in [6.45, 7) is 0.831. The van der Waals surface area contributed by atoms with Crippen LogP contribution >= 0.6 is 0 Å². The van der Waals surface area contributed by atoms with Crippen LogP contribution in [0.3, 0.4) is 0 Å². The molecule has 1 N–H and O–H groups in total. The molecule has 1 aliphatic heterocycles. The molecule has 4 rings (SSSR count). The Balaban J connectivity index is 1.47. The number of nitrogens with one attached hydrogen (secondary N) is 1. The van der Waals surface area contributed by atoms with Gasteiger partial charge >= 0.3 is 0 Å². The highest BCUT2D eigenvalue weighted by Crippen LogP contribution is 2.32. The van der Waals surface area contributed by atoms with E-state index >= 15 is 0 Å². The van der Waals surface area contributed by atoms with Crippen molar-refractivity contribution < 1.29 is 9.21 Å². The highest BCUT2D eigenvalue weighted by Gasteiger charge is 2.29. The smallest absolute Gasteiger partial charge is 0.223 e. The minimum absolute atomic E-state index is 0.101. The number of hydrogen-bond donors (Lipinski definition) is 1.